The molecule has 0 bridgehead atoms. The maximum Gasteiger partial charge on any atom is 0.143 e. The molecule has 1 rings (SSSR count). The molecule has 1 aromatic carbocycles. The molecule has 2 atom stereocenters. The van der Waals surface area contributed by atoms with Crippen molar-refractivity contribution in [2.45, 2.75) is 58.9 Å². The SMILES string of the molecule is CCCC(Cc1ccc(C(C)(C)F)cc1)C(O)NCC(C)=O. The highest BCUT2D eigenvalue weighted by Crippen LogP contribution is 2.25. The van der Waals surface area contributed by atoms with E-state index in [1.165, 1.54) is 20.8 Å². The lowest BCUT2D eigenvalue weighted by Gasteiger charge is -2.24. The average molecular weight is 309 g/mol. The van der Waals surface area contributed by atoms with Crippen LogP contribution in [-0.2, 0) is 16.9 Å². The van der Waals surface area contributed by atoms with Gasteiger partial charge in [0.1, 0.15) is 17.7 Å². The fraction of sp³-hybridized carbons (Fsp3) is 0.611. The number of alkyl halides is 1. The van der Waals surface area contributed by atoms with Gasteiger partial charge in [0, 0.05) is 5.92 Å². The summed E-state index contributed by atoms with van der Waals surface area (Å²) in [7, 11) is 0. The number of ketones is 1. The van der Waals surface area contributed by atoms with E-state index in [2.05, 4.69) is 12.2 Å². The van der Waals surface area contributed by atoms with Crippen LogP contribution in [0.5, 0.6) is 0 Å². The lowest BCUT2D eigenvalue weighted by molar-refractivity contribution is -0.117. The van der Waals surface area contributed by atoms with Crippen LogP contribution in [-0.4, -0.2) is 23.7 Å². The zero-order valence-electron chi connectivity index (χ0n) is 14.0. The molecule has 0 aliphatic rings. The molecule has 0 spiro atoms. The summed E-state index contributed by atoms with van der Waals surface area (Å²) in [6.45, 7) is 6.82. The molecule has 124 valence electrons. The first-order valence-electron chi connectivity index (χ1n) is 7.93. The normalized spacial score (nSPS) is 14.6. The molecule has 0 aliphatic heterocycles. The van der Waals surface area contributed by atoms with Gasteiger partial charge in [0.25, 0.3) is 0 Å². The van der Waals surface area contributed by atoms with Gasteiger partial charge in [0.15, 0.2) is 0 Å². The van der Waals surface area contributed by atoms with Crippen molar-refractivity contribution in [3.05, 3.63) is 35.4 Å². The highest BCUT2D eigenvalue weighted by atomic mass is 19.1. The van der Waals surface area contributed by atoms with Crippen molar-refractivity contribution in [1.82, 2.24) is 5.32 Å². The average Bonchev–Trinajstić information content (AvgIpc) is 2.44. The molecule has 0 fully saturated rings. The van der Waals surface area contributed by atoms with E-state index in [1.54, 1.807) is 12.1 Å². The van der Waals surface area contributed by atoms with Crippen LogP contribution in [0, 0.1) is 5.92 Å². The molecule has 4 heteroatoms. The lowest BCUT2D eigenvalue weighted by atomic mass is 9.91. The molecule has 1 aromatic rings. The van der Waals surface area contributed by atoms with Crippen molar-refractivity contribution in [3.8, 4) is 0 Å². The molecule has 3 nitrogen and oxygen atoms in total. The van der Waals surface area contributed by atoms with Crippen LogP contribution in [0.25, 0.3) is 0 Å². The topological polar surface area (TPSA) is 49.3 Å². The molecule has 0 heterocycles. The minimum atomic E-state index is -1.34. The summed E-state index contributed by atoms with van der Waals surface area (Å²) in [5.41, 5.74) is 0.373. The van der Waals surface area contributed by atoms with Gasteiger partial charge in [-0.25, -0.2) is 4.39 Å². The van der Waals surface area contributed by atoms with Crippen molar-refractivity contribution in [2.75, 3.05) is 6.54 Å². The Bertz CT molecular complexity index is 465. The third-order valence-corrected chi connectivity index (χ3v) is 3.80. The molecule has 0 saturated carbocycles. The van der Waals surface area contributed by atoms with Gasteiger partial charge >= 0.3 is 0 Å². The number of hydrogen-bond acceptors (Lipinski definition) is 3. The molecular formula is C18H28FNO2. The highest BCUT2D eigenvalue weighted by molar-refractivity contribution is 5.77. The molecule has 22 heavy (non-hydrogen) atoms. The number of hydrogen-bond donors (Lipinski definition) is 2. The van der Waals surface area contributed by atoms with Gasteiger partial charge in [-0.3, -0.25) is 10.1 Å². The summed E-state index contributed by atoms with van der Waals surface area (Å²) in [6.07, 6.45) is 1.81. The Morgan fingerprint density at radius 3 is 2.36 bits per heavy atom. The maximum atomic E-state index is 13.9. The van der Waals surface area contributed by atoms with Crippen molar-refractivity contribution in [2.24, 2.45) is 5.92 Å². The van der Waals surface area contributed by atoms with Gasteiger partial charge in [-0.2, -0.15) is 0 Å². The van der Waals surface area contributed by atoms with Gasteiger partial charge in [-0.05, 0) is 44.7 Å². The molecular weight excluding hydrogens is 281 g/mol. The summed E-state index contributed by atoms with van der Waals surface area (Å²) < 4.78 is 13.9. The zero-order chi connectivity index (χ0) is 16.8. The van der Waals surface area contributed by atoms with Gasteiger partial charge in [0.2, 0.25) is 0 Å². The number of halogens is 1. The second-order valence-electron chi connectivity index (χ2n) is 6.45. The molecule has 0 aromatic heterocycles. The summed E-state index contributed by atoms with van der Waals surface area (Å²) in [5, 5.41) is 13.1. The largest absolute Gasteiger partial charge is 0.378 e. The van der Waals surface area contributed by atoms with E-state index in [9.17, 15) is 14.3 Å². The Balaban J connectivity index is 2.71. The Morgan fingerprint density at radius 1 is 1.32 bits per heavy atom. The predicted molar refractivity (Wildman–Crippen MR) is 87.4 cm³/mol. The molecule has 0 aliphatic carbocycles. The number of aliphatic hydroxyl groups is 1. The first-order valence-corrected chi connectivity index (χ1v) is 7.93. The summed E-state index contributed by atoms with van der Waals surface area (Å²) in [6, 6.07) is 7.43. The van der Waals surface area contributed by atoms with Crippen molar-refractivity contribution in [1.29, 1.82) is 0 Å². The minimum Gasteiger partial charge on any atom is -0.378 e. The van der Waals surface area contributed by atoms with Crippen molar-refractivity contribution < 1.29 is 14.3 Å². The fourth-order valence-corrected chi connectivity index (χ4v) is 2.50. The van der Waals surface area contributed by atoms with Crippen LogP contribution in [0.15, 0.2) is 24.3 Å². The van der Waals surface area contributed by atoms with E-state index in [-0.39, 0.29) is 18.2 Å². The van der Waals surface area contributed by atoms with E-state index in [4.69, 9.17) is 0 Å². The predicted octanol–water partition coefficient (Wildman–Crippen LogP) is 3.35. The van der Waals surface area contributed by atoms with E-state index < -0.39 is 11.9 Å². The van der Waals surface area contributed by atoms with E-state index in [0.29, 0.717) is 12.0 Å². The molecule has 0 radical (unpaired) electrons. The van der Waals surface area contributed by atoms with E-state index in [0.717, 1.165) is 18.4 Å². The van der Waals surface area contributed by atoms with Crippen LogP contribution in [0.4, 0.5) is 4.39 Å². The second-order valence-corrected chi connectivity index (χ2v) is 6.45. The van der Waals surface area contributed by atoms with Crippen LogP contribution >= 0.6 is 0 Å². The van der Waals surface area contributed by atoms with Gasteiger partial charge in [-0.15, -0.1) is 0 Å². The third-order valence-electron chi connectivity index (χ3n) is 3.80. The molecule has 2 unspecified atom stereocenters. The van der Waals surface area contributed by atoms with Gasteiger partial charge in [0.05, 0.1) is 6.54 Å². The lowest BCUT2D eigenvalue weighted by Crippen LogP contribution is -2.39. The van der Waals surface area contributed by atoms with Crippen molar-refractivity contribution in [3.63, 3.8) is 0 Å². The first-order chi connectivity index (χ1) is 10.2. The Hall–Kier alpha value is -1.26. The number of carbonyl (C=O) groups excluding carboxylic acids is 1. The first kappa shape index (κ1) is 18.8. The number of benzene rings is 1. The summed E-state index contributed by atoms with van der Waals surface area (Å²) >= 11 is 0. The Morgan fingerprint density at radius 2 is 1.91 bits per heavy atom. The number of carbonyl (C=O) groups is 1. The Kier molecular flexibility index (Phi) is 7.17. The smallest absolute Gasteiger partial charge is 0.143 e. The minimum absolute atomic E-state index is 0.00354. The number of aliphatic hydroxyl groups excluding tert-OH is 1. The molecule has 0 saturated heterocycles. The molecule has 0 amide bonds. The van der Waals surface area contributed by atoms with E-state index >= 15 is 0 Å². The fourth-order valence-electron chi connectivity index (χ4n) is 2.50. The summed E-state index contributed by atoms with van der Waals surface area (Å²) in [4.78, 5) is 11.0. The van der Waals surface area contributed by atoms with Gasteiger partial charge in [-0.1, -0.05) is 37.6 Å². The number of rotatable bonds is 9. The number of Topliss-reactive ketones (excluding diaryl/α,β-unsaturated/α-hetero) is 1. The summed E-state index contributed by atoms with van der Waals surface area (Å²) in [5.74, 6) is 0.0393. The molecule has 2 N–H and O–H groups in total. The van der Waals surface area contributed by atoms with Crippen LogP contribution in [0.3, 0.4) is 0 Å². The quantitative estimate of drug-likeness (QED) is 0.688. The van der Waals surface area contributed by atoms with Gasteiger partial charge < -0.3 is 5.11 Å². The number of nitrogens with one attached hydrogen (secondary N) is 1. The second kappa shape index (κ2) is 8.39. The zero-order valence-corrected chi connectivity index (χ0v) is 14.0. The third kappa shape index (κ3) is 6.24. The van der Waals surface area contributed by atoms with Crippen LogP contribution in [0.1, 0.15) is 51.7 Å². The Labute approximate surface area is 132 Å². The van der Waals surface area contributed by atoms with E-state index in [1.807, 2.05) is 12.1 Å². The monoisotopic (exact) mass is 309 g/mol. The van der Waals surface area contributed by atoms with Crippen molar-refractivity contribution >= 4 is 5.78 Å². The van der Waals surface area contributed by atoms with Crippen LogP contribution in [0.2, 0.25) is 0 Å². The standard InChI is InChI=1S/C18H28FNO2/c1-5-6-15(17(22)20-12-13(2)21)11-14-7-9-16(10-8-14)18(3,4)19/h7-10,15,17,20,22H,5-6,11-12H2,1-4H3. The highest BCUT2D eigenvalue weighted by Gasteiger charge is 2.21. The van der Waals surface area contributed by atoms with Crippen LogP contribution < -0.4 is 5.32 Å². The maximum absolute atomic E-state index is 13.9.